The number of tetrazole rings is 1. The van der Waals surface area contributed by atoms with E-state index in [2.05, 4.69) is 15.5 Å². The molecule has 0 saturated carbocycles. The molecule has 8 heteroatoms. The standard InChI is InChI=1S/C16H14F3N5/c1-10-7-11(5-6-14(10)20)9-24-15(21-22-23-24)12-3-2-4-13(8-12)16(17,18)19/h2-8H,9,20H2,1H3. The maximum absolute atomic E-state index is 12.9. The third kappa shape index (κ3) is 3.22. The molecule has 0 radical (unpaired) electrons. The fraction of sp³-hybridized carbons (Fsp3) is 0.188. The van der Waals surface area contributed by atoms with E-state index in [0.29, 0.717) is 17.8 Å². The van der Waals surface area contributed by atoms with Crippen LogP contribution in [0.5, 0.6) is 0 Å². The fourth-order valence-corrected chi connectivity index (χ4v) is 2.36. The van der Waals surface area contributed by atoms with Gasteiger partial charge in [-0.2, -0.15) is 13.2 Å². The van der Waals surface area contributed by atoms with Gasteiger partial charge >= 0.3 is 6.18 Å². The molecule has 124 valence electrons. The molecule has 5 nitrogen and oxygen atoms in total. The average molecular weight is 333 g/mol. The summed E-state index contributed by atoms with van der Waals surface area (Å²) in [6.07, 6.45) is -4.41. The Labute approximate surface area is 135 Å². The van der Waals surface area contributed by atoms with Gasteiger partial charge in [0.1, 0.15) is 0 Å². The van der Waals surface area contributed by atoms with Gasteiger partial charge in [0, 0.05) is 11.3 Å². The van der Waals surface area contributed by atoms with Crippen LogP contribution in [0.15, 0.2) is 42.5 Å². The van der Waals surface area contributed by atoms with Crippen LogP contribution in [0.4, 0.5) is 18.9 Å². The van der Waals surface area contributed by atoms with Gasteiger partial charge in [-0.3, -0.25) is 0 Å². The SMILES string of the molecule is Cc1cc(Cn2nnnc2-c2cccc(C(F)(F)F)c2)ccc1N. The molecule has 0 fully saturated rings. The van der Waals surface area contributed by atoms with Gasteiger partial charge in [0.15, 0.2) is 5.82 Å². The first-order valence-electron chi connectivity index (χ1n) is 7.13. The summed E-state index contributed by atoms with van der Waals surface area (Å²) in [5, 5.41) is 11.3. The molecular weight excluding hydrogens is 319 g/mol. The summed E-state index contributed by atoms with van der Waals surface area (Å²) in [6, 6.07) is 10.4. The highest BCUT2D eigenvalue weighted by Crippen LogP contribution is 2.31. The van der Waals surface area contributed by atoms with Gasteiger partial charge < -0.3 is 5.73 Å². The Morgan fingerprint density at radius 3 is 2.62 bits per heavy atom. The predicted octanol–water partition coefficient (Wildman–Crippen LogP) is 3.30. The summed E-state index contributed by atoms with van der Waals surface area (Å²) in [5.41, 5.74) is 7.85. The van der Waals surface area contributed by atoms with E-state index in [1.807, 2.05) is 19.1 Å². The van der Waals surface area contributed by atoms with Crippen molar-refractivity contribution in [2.75, 3.05) is 5.73 Å². The van der Waals surface area contributed by atoms with E-state index in [-0.39, 0.29) is 5.82 Å². The van der Waals surface area contributed by atoms with E-state index >= 15 is 0 Å². The summed E-state index contributed by atoms with van der Waals surface area (Å²) in [4.78, 5) is 0. The lowest BCUT2D eigenvalue weighted by molar-refractivity contribution is -0.137. The number of aromatic nitrogens is 4. The summed E-state index contributed by atoms with van der Waals surface area (Å²) >= 11 is 0. The lowest BCUT2D eigenvalue weighted by Crippen LogP contribution is -2.07. The lowest BCUT2D eigenvalue weighted by atomic mass is 10.1. The first-order chi connectivity index (χ1) is 11.3. The third-order valence-corrected chi connectivity index (χ3v) is 3.65. The molecule has 0 unspecified atom stereocenters. The number of hydrogen-bond donors (Lipinski definition) is 1. The van der Waals surface area contributed by atoms with Crippen molar-refractivity contribution in [2.45, 2.75) is 19.6 Å². The van der Waals surface area contributed by atoms with Crippen molar-refractivity contribution in [3.63, 3.8) is 0 Å². The molecule has 0 aliphatic rings. The quantitative estimate of drug-likeness (QED) is 0.747. The third-order valence-electron chi connectivity index (χ3n) is 3.65. The van der Waals surface area contributed by atoms with Crippen LogP contribution < -0.4 is 5.73 Å². The molecular formula is C16H14F3N5. The molecule has 0 bridgehead atoms. The van der Waals surface area contributed by atoms with Crippen LogP contribution in [-0.2, 0) is 12.7 Å². The van der Waals surface area contributed by atoms with Gasteiger partial charge in [-0.25, -0.2) is 4.68 Å². The molecule has 0 amide bonds. The smallest absolute Gasteiger partial charge is 0.399 e. The zero-order valence-electron chi connectivity index (χ0n) is 12.7. The Bertz CT molecular complexity index is 870. The number of anilines is 1. The van der Waals surface area contributed by atoms with Crippen LogP contribution in [-0.4, -0.2) is 20.2 Å². The van der Waals surface area contributed by atoms with E-state index < -0.39 is 11.7 Å². The number of nitrogens with two attached hydrogens (primary N) is 1. The highest BCUT2D eigenvalue weighted by molar-refractivity contribution is 5.56. The molecule has 3 rings (SSSR count). The molecule has 0 spiro atoms. The van der Waals surface area contributed by atoms with E-state index in [1.165, 1.54) is 10.7 Å². The summed E-state index contributed by atoms with van der Waals surface area (Å²) < 4.78 is 40.1. The van der Waals surface area contributed by atoms with E-state index in [0.717, 1.165) is 23.3 Å². The van der Waals surface area contributed by atoms with Gasteiger partial charge in [0.05, 0.1) is 12.1 Å². The summed E-state index contributed by atoms with van der Waals surface area (Å²) in [5.74, 6) is 0.274. The fourth-order valence-electron chi connectivity index (χ4n) is 2.36. The Morgan fingerprint density at radius 2 is 1.92 bits per heavy atom. The van der Waals surface area contributed by atoms with Crippen molar-refractivity contribution < 1.29 is 13.2 Å². The van der Waals surface area contributed by atoms with Gasteiger partial charge in [-0.15, -0.1) is 5.10 Å². The topological polar surface area (TPSA) is 69.6 Å². The monoisotopic (exact) mass is 333 g/mol. The van der Waals surface area contributed by atoms with Crippen molar-refractivity contribution >= 4 is 5.69 Å². The second kappa shape index (κ2) is 5.95. The molecule has 0 atom stereocenters. The van der Waals surface area contributed by atoms with Crippen LogP contribution in [0.1, 0.15) is 16.7 Å². The van der Waals surface area contributed by atoms with Crippen molar-refractivity contribution in [3.8, 4) is 11.4 Å². The van der Waals surface area contributed by atoms with Crippen molar-refractivity contribution in [1.82, 2.24) is 20.2 Å². The maximum atomic E-state index is 12.9. The van der Waals surface area contributed by atoms with E-state index in [9.17, 15) is 13.2 Å². The number of aryl methyl sites for hydroxylation is 1. The minimum absolute atomic E-state index is 0.274. The minimum atomic E-state index is -4.41. The Hall–Kier alpha value is -2.90. The number of hydrogen-bond acceptors (Lipinski definition) is 4. The highest BCUT2D eigenvalue weighted by atomic mass is 19.4. The molecule has 0 aliphatic heterocycles. The Kier molecular flexibility index (Phi) is 3.96. The number of halogens is 3. The van der Waals surface area contributed by atoms with Crippen LogP contribution in [0, 0.1) is 6.92 Å². The first kappa shape index (κ1) is 16.0. The van der Waals surface area contributed by atoms with Crippen molar-refractivity contribution in [2.24, 2.45) is 0 Å². The molecule has 2 aromatic carbocycles. The average Bonchev–Trinajstić information content (AvgIpc) is 2.98. The predicted molar refractivity (Wildman–Crippen MR) is 82.9 cm³/mol. The summed E-state index contributed by atoms with van der Waals surface area (Å²) in [7, 11) is 0. The molecule has 3 aromatic rings. The number of benzene rings is 2. The van der Waals surface area contributed by atoms with Crippen LogP contribution in [0.25, 0.3) is 11.4 Å². The van der Waals surface area contributed by atoms with E-state index in [4.69, 9.17) is 5.73 Å². The van der Waals surface area contributed by atoms with Gasteiger partial charge in [-0.1, -0.05) is 24.3 Å². The van der Waals surface area contributed by atoms with Gasteiger partial charge in [0.2, 0.25) is 0 Å². The van der Waals surface area contributed by atoms with Crippen LogP contribution in [0.3, 0.4) is 0 Å². The Morgan fingerprint density at radius 1 is 1.12 bits per heavy atom. The number of alkyl halides is 3. The number of nitrogen functional groups attached to an aromatic ring is 1. The molecule has 24 heavy (non-hydrogen) atoms. The second-order valence-corrected chi connectivity index (χ2v) is 5.43. The maximum Gasteiger partial charge on any atom is 0.416 e. The first-order valence-corrected chi connectivity index (χ1v) is 7.13. The zero-order chi connectivity index (χ0) is 17.3. The molecule has 2 N–H and O–H groups in total. The van der Waals surface area contributed by atoms with Crippen LogP contribution >= 0.6 is 0 Å². The molecule has 0 saturated heterocycles. The summed E-state index contributed by atoms with van der Waals surface area (Å²) in [6.45, 7) is 2.21. The minimum Gasteiger partial charge on any atom is -0.399 e. The lowest BCUT2D eigenvalue weighted by Gasteiger charge is -2.09. The van der Waals surface area contributed by atoms with E-state index in [1.54, 1.807) is 12.1 Å². The van der Waals surface area contributed by atoms with Gasteiger partial charge in [0.25, 0.3) is 0 Å². The molecule has 1 aromatic heterocycles. The van der Waals surface area contributed by atoms with Gasteiger partial charge in [-0.05, 0) is 46.7 Å². The second-order valence-electron chi connectivity index (χ2n) is 5.43. The van der Waals surface area contributed by atoms with Crippen molar-refractivity contribution in [3.05, 3.63) is 59.2 Å². The van der Waals surface area contributed by atoms with Crippen LogP contribution in [0.2, 0.25) is 0 Å². The molecule has 1 heterocycles. The largest absolute Gasteiger partial charge is 0.416 e. The van der Waals surface area contributed by atoms with Crippen molar-refractivity contribution in [1.29, 1.82) is 0 Å². The highest BCUT2D eigenvalue weighted by Gasteiger charge is 2.30. The zero-order valence-corrected chi connectivity index (χ0v) is 12.7. The Balaban J connectivity index is 1.94. The molecule has 0 aliphatic carbocycles. The normalized spacial score (nSPS) is 11.7. The number of rotatable bonds is 3. The number of nitrogens with zero attached hydrogens (tertiary/aromatic N) is 4.